The lowest BCUT2D eigenvalue weighted by atomic mass is 9.99. The van der Waals surface area contributed by atoms with Crippen LogP contribution in [0.5, 0.6) is 11.6 Å². The van der Waals surface area contributed by atoms with E-state index in [0.29, 0.717) is 4.96 Å². The average molecular weight is 388 g/mol. The van der Waals surface area contributed by atoms with E-state index in [0.717, 1.165) is 54.4 Å². The molecule has 1 saturated heterocycles. The maximum Gasteiger partial charge on any atom is 0.230 e. The molecule has 0 saturated carbocycles. The molecule has 1 fully saturated rings. The molecule has 7 nitrogen and oxygen atoms in total. The molecule has 0 radical (unpaired) electrons. The monoisotopic (exact) mass is 388 g/mol. The van der Waals surface area contributed by atoms with Gasteiger partial charge in [0.2, 0.25) is 10.8 Å². The van der Waals surface area contributed by atoms with E-state index in [-0.39, 0.29) is 18.0 Å². The first-order valence-corrected chi connectivity index (χ1v) is 10.1. The number of fused-ring (bicyclic) bond motifs is 1. The number of piperidine rings is 1. The summed E-state index contributed by atoms with van der Waals surface area (Å²) < 4.78 is 6.93. The topological polar surface area (TPSA) is 83.1 Å². The molecule has 144 valence electrons. The van der Waals surface area contributed by atoms with E-state index >= 15 is 0 Å². The number of ether oxygens (including phenoxy) is 1. The van der Waals surface area contributed by atoms with Crippen LogP contribution < -0.4 is 4.74 Å². The van der Waals surface area contributed by atoms with Crippen molar-refractivity contribution in [1.29, 1.82) is 0 Å². The Morgan fingerprint density at radius 2 is 2.11 bits per heavy atom. The van der Waals surface area contributed by atoms with Crippen molar-refractivity contribution in [3.05, 3.63) is 40.5 Å². The SMILES string of the molecule is CCc1nc2sc([C@@H](c3cccc(OC)c3)N3CCC(O)CC3)c(O)n2n1. The second kappa shape index (κ2) is 7.46. The number of likely N-dealkylation sites (tertiary alicyclic amines) is 1. The van der Waals surface area contributed by atoms with Gasteiger partial charge in [-0.05, 0) is 30.5 Å². The van der Waals surface area contributed by atoms with Crippen molar-refractivity contribution in [3.63, 3.8) is 0 Å². The van der Waals surface area contributed by atoms with E-state index < -0.39 is 0 Å². The van der Waals surface area contributed by atoms with Crippen molar-refractivity contribution < 1.29 is 14.9 Å². The largest absolute Gasteiger partial charge is 0.497 e. The van der Waals surface area contributed by atoms with Gasteiger partial charge in [0.1, 0.15) is 5.75 Å². The smallest absolute Gasteiger partial charge is 0.230 e. The molecule has 0 spiro atoms. The lowest BCUT2D eigenvalue weighted by Gasteiger charge is -2.36. The summed E-state index contributed by atoms with van der Waals surface area (Å²) in [6, 6.07) is 7.79. The quantitative estimate of drug-likeness (QED) is 0.699. The predicted octanol–water partition coefficient (Wildman–Crippen LogP) is 2.61. The Morgan fingerprint density at radius 3 is 2.78 bits per heavy atom. The van der Waals surface area contributed by atoms with E-state index in [1.165, 1.54) is 15.9 Å². The molecule has 2 N–H and O–H groups in total. The number of nitrogens with zero attached hydrogens (tertiary/aromatic N) is 4. The van der Waals surface area contributed by atoms with E-state index in [4.69, 9.17) is 4.74 Å². The van der Waals surface area contributed by atoms with Gasteiger partial charge < -0.3 is 14.9 Å². The van der Waals surface area contributed by atoms with Crippen molar-refractivity contribution in [1.82, 2.24) is 19.5 Å². The number of aryl methyl sites for hydroxylation is 1. The maximum absolute atomic E-state index is 10.9. The molecule has 1 aliphatic heterocycles. The number of hydrogen-bond donors (Lipinski definition) is 2. The summed E-state index contributed by atoms with van der Waals surface area (Å²) in [4.78, 5) is 8.32. The Balaban J connectivity index is 1.79. The molecule has 0 aliphatic carbocycles. The van der Waals surface area contributed by atoms with Crippen LogP contribution in [0.25, 0.3) is 4.96 Å². The summed E-state index contributed by atoms with van der Waals surface area (Å²) in [5.41, 5.74) is 1.04. The highest BCUT2D eigenvalue weighted by Gasteiger charge is 2.32. The molecule has 0 amide bonds. The van der Waals surface area contributed by atoms with Gasteiger partial charge in [-0.2, -0.15) is 4.52 Å². The van der Waals surface area contributed by atoms with E-state index in [9.17, 15) is 10.2 Å². The fraction of sp³-hybridized carbons (Fsp3) is 0.474. The number of methoxy groups -OCH3 is 1. The highest BCUT2D eigenvalue weighted by atomic mass is 32.1. The van der Waals surface area contributed by atoms with Gasteiger partial charge in [-0.15, -0.1) is 5.10 Å². The summed E-state index contributed by atoms with van der Waals surface area (Å²) in [5.74, 6) is 1.64. The second-order valence-electron chi connectivity index (χ2n) is 6.81. The van der Waals surface area contributed by atoms with E-state index in [1.807, 2.05) is 31.2 Å². The third-order valence-electron chi connectivity index (χ3n) is 5.08. The van der Waals surface area contributed by atoms with Crippen LogP contribution in [0.3, 0.4) is 0 Å². The van der Waals surface area contributed by atoms with Gasteiger partial charge in [0.15, 0.2) is 5.82 Å². The van der Waals surface area contributed by atoms with Gasteiger partial charge >= 0.3 is 0 Å². The highest BCUT2D eigenvalue weighted by molar-refractivity contribution is 7.17. The normalized spacial score (nSPS) is 17.4. The van der Waals surface area contributed by atoms with Crippen LogP contribution >= 0.6 is 11.3 Å². The summed E-state index contributed by atoms with van der Waals surface area (Å²) in [6.45, 7) is 3.52. The van der Waals surface area contributed by atoms with Crippen LogP contribution in [-0.2, 0) is 6.42 Å². The average Bonchev–Trinajstić information content (AvgIpc) is 3.23. The lowest BCUT2D eigenvalue weighted by molar-refractivity contribution is 0.0689. The van der Waals surface area contributed by atoms with Crippen LogP contribution in [-0.4, -0.2) is 56.0 Å². The zero-order chi connectivity index (χ0) is 19.0. The van der Waals surface area contributed by atoms with Crippen LogP contribution in [0.4, 0.5) is 0 Å². The summed E-state index contributed by atoms with van der Waals surface area (Å²) in [7, 11) is 1.65. The Bertz CT molecular complexity index is 930. The third kappa shape index (κ3) is 3.40. The number of hydrogen-bond acceptors (Lipinski definition) is 7. The standard InChI is InChI=1S/C19H24N4O3S/c1-3-15-20-19-23(21-15)18(25)17(27-19)16(22-9-7-13(24)8-10-22)12-5-4-6-14(11-12)26-2/h4-6,11,13,16,24-25H,3,7-10H2,1-2H3/t16-/m1/s1. The molecule has 0 unspecified atom stereocenters. The summed E-state index contributed by atoms with van der Waals surface area (Å²) in [5, 5.41) is 25.2. The molecule has 0 bridgehead atoms. The van der Waals surface area contributed by atoms with Gasteiger partial charge in [0, 0.05) is 19.5 Å². The Labute approximate surface area is 161 Å². The zero-order valence-electron chi connectivity index (χ0n) is 15.5. The highest BCUT2D eigenvalue weighted by Crippen LogP contribution is 2.41. The van der Waals surface area contributed by atoms with Crippen molar-refractivity contribution in [2.45, 2.75) is 38.3 Å². The molecular weight excluding hydrogens is 364 g/mol. The molecule has 1 aliphatic rings. The number of rotatable bonds is 5. The van der Waals surface area contributed by atoms with Gasteiger partial charge in [0.05, 0.1) is 24.1 Å². The van der Waals surface area contributed by atoms with Crippen molar-refractivity contribution in [3.8, 4) is 11.6 Å². The summed E-state index contributed by atoms with van der Waals surface area (Å²) >= 11 is 1.47. The number of aliphatic hydroxyl groups is 1. The first kappa shape index (κ1) is 18.2. The number of benzene rings is 1. The summed E-state index contributed by atoms with van der Waals surface area (Å²) in [6.07, 6.45) is 1.92. The minimum absolute atomic E-state index is 0.133. The fourth-order valence-corrected chi connectivity index (χ4v) is 4.74. The van der Waals surface area contributed by atoms with Gasteiger partial charge in [0.25, 0.3) is 0 Å². The molecule has 1 atom stereocenters. The maximum atomic E-state index is 10.9. The molecule has 8 heteroatoms. The molecule has 3 heterocycles. The van der Waals surface area contributed by atoms with Crippen molar-refractivity contribution in [2.75, 3.05) is 20.2 Å². The van der Waals surface area contributed by atoms with Gasteiger partial charge in [-0.25, -0.2) is 4.98 Å². The lowest BCUT2D eigenvalue weighted by Crippen LogP contribution is -2.38. The van der Waals surface area contributed by atoms with Crippen LogP contribution in [0.1, 0.15) is 42.1 Å². The van der Waals surface area contributed by atoms with Crippen LogP contribution in [0, 0.1) is 0 Å². The Morgan fingerprint density at radius 1 is 1.33 bits per heavy atom. The van der Waals surface area contributed by atoms with Crippen molar-refractivity contribution >= 4 is 16.3 Å². The van der Waals surface area contributed by atoms with E-state index in [1.54, 1.807) is 7.11 Å². The second-order valence-corrected chi connectivity index (χ2v) is 7.82. The number of aliphatic hydroxyl groups excluding tert-OH is 1. The van der Waals surface area contributed by atoms with Crippen LogP contribution in [0.15, 0.2) is 24.3 Å². The molecule has 3 aromatic rings. The van der Waals surface area contributed by atoms with Crippen LogP contribution in [0.2, 0.25) is 0 Å². The minimum atomic E-state index is -0.254. The first-order valence-electron chi connectivity index (χ1n) is 9.24. The van der Waals surface area contributed by atoms with Gasteiger partial charge in [-0.1, -0.05) is 30.4 Å². The third-order valence-corrected chi connectivity index (χ3v) is 6.15. The van der Waals surface area contributed by atoms with Gasteiger partial charge in [-0.3, -0.25) is 4.90 Å². The Hall–Kier alpha value is -2.16. The minimum Gasteiger partial charge on any atom is -0.497 e. The number of aromatic hydroxyl groups is 1. The molecular formula is C19H24N4O3S. The van der Waals surface area contributed by atoms with Crippen molar-refractivity contribution in [2.24, 2.45) is 0 Å². The number of thiazole rings is 1. The Kier molecular flexibility index (Phi) is 5.03. The zero-order valence-corrected chi connectivity index (χ0v) is 16.3. The predicted molar refractivity (Wildman–Crippen MR) is 104 cm³/mol. The molecule has 27 heavy (non-hydrogen) atoms. The molecule has 2 aromatic heterocycles. The molecule has 4 rings (SSSR count). The fourth-order valence-electron chi connectivity index (χ4n) is 3.60. The van der Waals surface area contributed by atoms with E-state index in [2.05, 4.69) is 15.0 Å². The first-order chi connectivity index (χ1) is 13.1. The molecule has 1 aromatic carbocycles. The number of aromatic nitrogens is 3.